The molecule has 16 heavy (non-hydrogen) atoms. The van der Waals surface area contributed by atoms with Crippen molar-refractivity contribution >= 4 is 8.96 Å². The lowest BCUT2D eigenvalue weighted by Crippen LogP contribution is -2.12. The first-order valence-corrected chi connectivity index (χ1v) is 6.47. The van der Waals surface area contributed by atoms with E-state index in [9.17, 15) is 0 Å². The SMILES string of the molecule is CCN(CC)POCc1ccccc1CO. The number of aliphatic hydroxyl groups is 1. The van der Waals surface area contributed by atoms with E-state index in [1.807, 2.05) is 24.3 Å². The van der Waals surface area contributed by atoms with E-state index in [0.717, 1.165) is 24.2 Å². The van der Waals surface area contributed by atoms with Gasteiger partial charge in [0.25, 0.3) is 0 Å². The maximum Gasteiger partial charge on any atom is 0.0893 e. The van der Waals surface area contributed by atoms with Crippen LogP contribution in [0, 0.1) is 0 Å². The first-order chi connectivity index (χ1) is 7.81. The Morgan fingerprint density at radius 3 is 2.38 bits per heavy atom. The van der Waals surface area contributed by atoms with Gasteiger partial charge in [0, 0.05) is 13.1 Å². The lowest BCUT2D eigenvalue weighted by atomic mass is 10.1. The van der Waals surface area contributed by atoms with Crippen molar-refractivity contribution in [2.45, 2.75) is 27.1 Å². The molecule has 3 nitrogen and oxygen atoms in total. The zero-order chi connectivity index (χ0) is 11.8. The van der Waals surface area contributed by atoms with Gasteiger partial charge in [-0.15, -0.1) is 0 Å². The number of aliphatic hydroxyl groups excluding tert-OH is 1. The van der Waals surface area contributed by atoms with Gasteiger partial charge in [0.15, 0.2) is 0 Å². The van der Waals surface area contributed by atoms with E-state index < -0.39 is 0 Å². The third-order valence-electron chi connectivity index (χ3n) is 2.47. The van der Waals surface area contributed by atoms with Crippen LogP contribution >= 0.6 is 8.96 Å². The molecule has 0 aliphatic heterocycles. The Kier molecular flexibility index (Phi) is 6.58. The molecular weight excluding hydrogens is 221 g/mol. The van der Waals surface area contributed by atoms with Crippen molar-refractivity contribution in [2.75, 3.05) is 13.1 Å². The summed E-state index contributed by atoms with van der Waals surface area (Å²) in [4.78, 5) is 0. The van der Waals surface area contributed by atoms with Gasteiger partial charge in [-0.2, -0.15) is 0 Å². The summed E-state index contributed by atoms with van der Waals surface area (Å²) in [5.41, 5.74) is 2.02. The van der Waals surface area contributed by atoms with Gasteiger partial charge in [0.1, 0.15) is 0 Å². The Hall–Kier alpha value is -0.470. The molecule has 0 heterocycles. The quantitative estimate of drug-likeness (QED) is 0.745. The summed E-state index contributed by atoms with van der Waals surface area (Å²) >= 11 is 0. The van der Waals surface area contributed by atoms with Crippen LogP contribution in [0.2, 0.25) is 0 Å². The average molecular weight is 241 g/mol. The fraction of sp³-hybridized carbons (Fsp3) is 0.500. The van der Waals surface area contributed by atoms with Crippen molar-refractivity contribution in [3.05, 3.63) is 35.4 Å². The molecule has 0 aliphatic carbocycles. The standard InChI is InChI=1S/C12H20NO2P/c1-3-13(4-2)16-15-10-12-8-6-5-7-11(12)9-14/h5-8,14,16H,3-4,9-10H2,1-2H3. The lowest BCUT2D eigenvalue weighted by molar-refractivity contribution is 0.272. The van der Waals surface area contributed by atoms with Crippen LogP contribution in [0.15, 0.2) is 24.3 Å². The highest BCUT2D eigenvalue weighted by molar-refractivity contribution is 7.29. The van der Waals surface area contributed by atoms with Gasteiger partial charge in [-0.1, -0.05) is 38.1 Å². The van der Waals surface area contributed by atoms with Crippen molar-refractivity contribution in [3.63, 3.8) is 0 Å². The van der Waals surface area contributed by atoms with Crippen LogP contribution in [-0.2, 0) is 17.7 Å². The molecule has 0 amide bonds. The normalized spacial score (nSPS) is 11.8. The molecule has 0 saturated carbocycles. The summed E-state index contributed by atoms with van der Waals surface area (Å²) < 4.78 is 7.89. The molecule has 1 aromatic rings. The zero-order valence-corrected chi connectivity index (χ0v) is 10.9. The van der Waals surface area contributed by atoms with Crippen LogP contribution in [0.4, 0.5) is 0 Å². The number of benzene rings is 1. The van der Waals surface area contributed by atoms with Crippen LogP contribution in [0.1, 0.15) is 25.0 Å². The van der Waals surface area contributed by atoms with Crippen molar-refractivity contribution in [3.8, 4) is 0 Å². The van der Waals surface area contributed by atoms with Crippen molar-refractivity contribution in [1.29, 1.82) is 0 Å². The molecule has 0 aliphatic rings. The molecule has 90 valence electrons. The number of nitrogens with zero attached hydrogens (tertiary/aromatic N) is 1. The number of rotatable bonds is 7. The predicted octanol–water partition coefficient (Wildman–Crippen LogP) is 2.55. The second kappa shape index (κ2) is 7.75. The maximum absolute atomic E-state index is 9.16. The molecule has 0 aromatic heterocycles. The molecule has 1 unspecified atom stereocenters. The summed E-state index contributed by atoms with van der Waals surface area (Å²) in [5.74, 6) is 0. The Bertz CT molecular complexity index is 303. The van der Waals surface area contributed by atoms with Gasteiger partial charge in [-0.25, -0.2) is 0 Å². The van der Waals surface area contributed by atoms with Gasteiger partial charge < -0.3 is 9.63 Å². The van der Waals surface area contributed by atoms with Crippen molar-refractivity contribution in [2.24, 2.45) is 0 Å². The minimum atomic E-state index is 0.0773. The fourth-order valence-electron chi connectivity index (χ4n) is 1.41. The molecule has 1 rings (SSSR count). The molecule has 0 spiro atoms. The number of hydrogen-bond donors (Lipinski definition) is 1. The predicted molar refractivity (Wildman–Crippen MR) is 68.4 cm³/mol. The molecule has 4 heteroatoms. The molecule has 0 radical (unpaired) electrons. The highest BCUT2D eigenvalue weighted by atomic mass is 31.1. The van der Waals surface area contributed by atoms with Gasteiger partial charge in [0.2, 0.25) is 0 Å². The molecule has 1 atom stereocenters. The van der Waals surface area contributed by atoms with Crippen molar-refractivity contribution < 1.29 is 9.63 Å². The monoisotopic (exact) mass is 241 g/mol. The van der Waals surface area contributed by atoms with Gasteiger partial charge in [-0.05, 0) is 11.1 Å². The van der Waals surface area contributed by atoms with E-state index in [0.29, 0.717) is 15.6 Å². The summed E-state index contributed by atoms with van der Waals surface area (Å²) in [5, 5.41) is 9.16. The van der Waals surface area contributed by atoms with E-state index in [4.69, 9.17) is 9.63 Å². The smallest absolute Gasteiger partial charge is 0.0893 e. The molecule has 0 saturated heterocycles. The van der Waals surface area contributed by atoms with E-state index in [1.54, 1.807) is 0 Å². The third kappa shape index (κ3) is 4.18. The third-order valence-corrected chi connectivity index (χ3v) is 3.64. The van der Waals surface area contributed by atoms with Crippen LogP contribution in [0.3, 0.4) is 0 Å². The van der Waals surface area contributed by atoms with Crippen LogP contribution in [-0.4, -0.2) is 22.9 Å². The Balaban J connectivity index is 2.42. The number of hydrogen-bond acceptors (Lipinski definition) is 3. The fourth-order valence-corrected chi connectivity index (χ4v) is 2.07. The second-order valence-corrected chi connectivity index (χ2v) is 4.58. The first-order valence-electron chi connectivity index (χ1n) is 5.61. The topological polar surface area (TPSA) is 32.7 Å². The Labute approximate surface area is 99.3 Å². The second-order valence-electron chi connectivity index (χ2n) is 3.48. The Morgan fingerprint density at radius 2 is 1.81 bits per heavy atom. The summed E-state index contributed by atoms with van der Waals surface area (Å²) in [6.45, 7) is 6.93. The largest absolute Gasteiger partial charge is 0.392 e. The lowest BCUT2D eigenvalue weighted by Gasteiger charge is -2.17. The summed E-state index contributed by atoms with van der Waals surface area (Å²) in [7, 11) is 0.398. The molecule has 1 aromatic carbocycles. The minimum Gasteiger partial charge on any atom is -0.392 e. The van der Waals surface area contributed by atoms with E-state index in [2.05, 4.69) is 18.5 Å². The zero-order valence-electron chi connectivity index (χ0n) is 9.94. The minimum absolute atomic E-state index is 0.0773. The van der Waals surface area contributed by atoms with E-state index >= 15 is 0 Å². The molecule has 0 bridgehead atoms. The van der Waals surface area contributed by atoms with E-state index in [-0.39, 0.29) is 6.61 Å². The highest BCUT2D eigenvalue weighted by Gasteiger charge is 2.02. The average Bonchev–Trinajstić information content (AvgIpc) is 2.35. The molecular formula is C12H20NO2P. The van der Waals surface area contributed by atoms with Crippen molar-refractivity contribution in [1.82, 2.24) is 4.67 Å². The summed E-state index contributed by atoms with van der Waals surface area (Å²) in [6.07, 6.45) is 0. The van der Waals surface area contributed by atoms with Gasteiger partial charge in [-0.3, -0.25) is 4.67 Å². The summed E-state index contributed by atoms with van der Waals surface area (Å²) in [6, 6.07) is 7.83. The van der Waals surface area contributed by atoms with Crippen LogP contribution < -0.4 is 0 Å². The van der Waals surface area contributed by atoms with E-state index in [1.165, 1.54) is 0 Å². The van der Waals surface area contributed by atoms with Gasteiger partial charge >= 0.3 is 0 Å². The van der Waals surface area contributed by atoms with Crippen LogP contribution in [0.25, 0.3) is 0 Å². The molecule has 1 N–H and O–H groups in total. The maximum atomic E-state index is 9.16. The first kappa shape index (κ1) is 13.6. The molecule has 0 fully saturated rings. The highest BCUT2D eigenvalue weighted by Crippen LogP contribution is 2.21. The van der Waals surface area contributed by atoms with Gasteiger partial charge in [0.05, 0.1) is 22.2 Å². The van der Waals surface area contributed by atoms with Crippen LogP contribution in [0.5, 0.6) is 0 Å². The Morgan fingerprint density at radius 1 is 1.19 bits per heavy atom.